The summed E-state index contributed by atoms with van der Waals surface area (Å²) in [5.41, 5.74) is 2.51. The lowest BCUT2D eigenvalue weighted by atomic mass is 9.89. The second-order valence-electron chi connectivity index (χ2n) is 6.89. The van der Waals surface area contributed by atoms with Crippen LogP contribution in [-0.4, -0.2) is 53.1 Å². The summed E-state index contributed by atoms with van der Waals surface area (Å²) >= 11 is 0. The molecule has 0 radical (unpaired) electrons. The number of hydrogen-bond donors (Lipinski definition) is 2. The topological polar surface area (TPSA) is 64.1 Å². The SMILES string of the molecule is CN=C(NCc1ccc(C)cc1OCCCOC)NCC1(C)COC1. The van der Waals surface area contributed by atoms with Gasteiger partial charge in [-0.1, -0.05) is 19.1 Å². The quantitative estimate of drug-likeness (QED) is 0.406. The highest BCUT2D eigenvalue weighted by Gasteiger charge is 2.33. The Kier molecular flexibility index (Phi) is 7.52. The maximum Gasteiger partial charge on any atom is 0.191 e. The zero-order chi connectivity index (χ0) is 18.1. The van der Waals surface area contributed by atoms with Gasteiger partial charge in [-0.15, -0.1) is 0 Å². The van der Waals surface area contributed by atoms with E-state index in [-0.39, 0.29) is 5.41 Å². The van der Waals surface area contributed by atoms with Crippen LogP contribution in [0.3, 0.4) is 0 Å². The molecule has 1 saturated heterocycles. The summed E-state index contributed by atoms with van der Waals surface area (Å²) < 4.78 is 16.3. The molecular formula is C19H31N3O3. The van der Waals surface area contributed by atoms with Crippen LogP contribution in [-0.2, 0) is 16.0 Å². The molecule has 2 rings (SSSR count). The van der Waals surface area contributed by atoms with Crippen molar-refractivity contribution in [3.05, 3.63) is 29.3 Å². The average molecular weight is 349 g/mol. The molecule has 6 heteroatoms. The zero-order valence-electron chi connectivity index (χ0n) is 15.9. The molecular weight excluding hydrogens is 318 g/mol. The van der Waals surface area contributed by atoms with Crippen molar-refractivity contribution in [2.75, 3.05) is 47.1 Å². The fourth-order valence-corrected chi connectivity index (χ4v) is 2.58. The zero-order valence-corrected chi connectivity index (χ0v) is 15.9. The van der Waals surface area contributed by atoms with Crippen LogP contribution in [0.25, 0.3) is 0 Å². The summed E-state index contributed by atoms with van der Waals surface area (Å²) in [6.07, 6.45) is 0.876. The molecule has 0 aliphatic carbocycles. The summed E-state index contributed by atoms with van der Waals surface area (Å²) in [5, 5.41) is 6.74. The fourth-order valence-electron chi connectivity index (χ4n) is 2.58. The van der Waals surface area contributed by atoms with Crippen LogP contribution < -0.4 is 15.4 Å². The predicted molar refractivity (Wildman–Crippen MR) is 100 cm³/mol. The lowest BCUT2D eigenvalue weighted by molar-refractivity contribution is -0.0971. The van der Waals surface area contributed by atoms with Gasteiger partial charge in [-0.2, -0.15) is 0 Å². The number of aryl methyl sites for hydroxylation is 1. The van der Waals surface area contributed by atoms with Crippen molar-refractivity contribution in [3.63, 3.8) is 0 Å². The minimum absolute atomic E-state index is 0.205. The first-order valence-electron chi connectivity index (χ1n) is 8.80. The van der Waals surface area contributed by atoms with Crippen LogP contribution in [0.2, 0.25) is 0 Å². The van der Waals surface area contributed by atoms with Gasteiger partial charge in [0.15, 0.2) is 5.96 Å². The Labute approximate surface area is 151 Å². The third-order valence-corrected chi connectivity index (χ3v) is 4.23. The van der Waals surface area contributed by atoms with Gasteiger partial charge in [0.1, 0.15) is 5.75 Å². The molecule has 1 aliphatic rings. The smallest absolute Gasteiger partial charge is 0.191 e. The molecule has 6 nitrogen and oxygen atoms in total. The number of nitrogens with zero attached hydrogens (tertiary/aromatic N) is 1. The van der Waals surface area contributed by atoms with Crippen molar-refractivity contribution in [2.24, 2.45) is 10.4 Å². The number of guanidine groups is 1. The Morgan fingerprint density at radius 3 is 2.72 bits per heavy atom. The molecule has 0 amide bonds. The lowest BCUT2D eigenvalue weighted by Crippen LogP contribution is -2.50. The molecule has 0 unspecified atom stereocenters. The average Bonchev–Trinajstić information content (AvgIpc) is 2.58. The van der Waals surface area contributed by atoms with Gasteiger partial charge >= 0.3 is 0 Å². The van der Waals surface area contributed by atoms with Crippen molar-refractivity contribution in [1.29, 1.82) is 0 Å². The first-order valence-corrected chi connectivity index (χ1v) is 8.80. The third kappa shape index (κ3) is 6.21. The fraction of sp³-hybridized carbons (Fsp3) is 0.632. The Bertz CT molecular complexity index is 571. The van der Waals surface area contributed by atoms with E-state index in [4.69, 9.17) is 14.2 Å². The van der Waals surface area contributed by atoms with Gasteiger partial charge in [-0.3, -0.25) is 4.99 Å². The Hall–Kier alpha value is -1.79. The molecule has 140 valence electrons. The van der Waals surface area contributed by atoms with E-state index in [2.05, 4.69) is 47.7 Å². The largest absolute Gasteiger partial charge is 0.493 e. The standard InChI is InChI=1S/C19H31N3O3/c1-15-6-7-16(17(10-15)25-9-5-8-23-4)11-21-18(20-3)22-12-19(2)13-24-14-19/h6-7,10H,5,8-9,11-14H2,1-4H3,(H2,20,21,22). The van der Waals surface area contributed by atoms with Gasteiger partial charge in [0, 0.05) is 51.3 Å². The Morgan fingerprint density at radius 2 is 2.08 bits per heavy atom. The van der Waals surface area contributed by atoms with Gasteiger partial charge in [0.2, 0.25) is 0 Å². The van der Waals surface area contributed by atoms with Crippen LogP contribution in [0.5, 0.6) is 5.75 Å². The molecule has 1 aromatic rings. The Balaban J connectivity index is 1.87. The van der Waals surface area contributed by atoms with Crippen molar-refractivity contribution >= 4 is 5.96 Å². The monoisotopic (exact) mass is 349 g/mol. The number of nitrogens with one attached hydrogen (secondary N) is 2. The number of hydrogen-bond acceptors (Lipinski definition) is 4. The van der Waals surface area contributed by atoms with E-state index in [1.165, 1.54) is 5.56 Å². The predicted octanol–water partition coefficient (Wildman–Crippen LogP) is 2.11. The normalized spacial score (nSPS) is 16.2. The van der Waals surface area contributed by atoms with Gasteiger partial charge < -0.3 is 24.8 Å². The summed E-state index contributed by atoms with van der Waals surface area (Å²) in [6, 6.07) is 6.27. The van der Waals surface area contributed by atoms with Crippen molar-refractivity contribution in [2.45, 2.75) is 26.8 Å². The number of ether oxygens (including phenoxy) is 3. The van der Waals surface area contributed by atoms with Gasteiger partial charge in [-0.25, -0.2) is 0 Å². The second kappa shape index (κ2) is 9.63. The summed E-state index contributed by atoms with van der Waals surface area (Å²) in [6.45, 7) is 8.74. The first-order chi connectivity index (χ1) is 12.1. The maximum atomic E-state index is 5.93. The number of rotatable bonds is 9. The summed E-state index contributed by atoms with van der Waals surface area (Å²) in [4.78, 5) is 4.29. The van der Waals surface area contributed by atoms with Crippen LogP contribution in [0.15, 0.2) is 23.2 Å². The minimum Gasteiger partial charge on any atom is -0.493 e. The minimum atomic E-state index is 0.205. The molecule has 0 atom stereocenters. The first kappa shape index (κ1) is 19.5. The highest BCUT2D eigenvalue weighted by Crippen LogP contribution is 2.25. The highest BCUT2D eigenvalue weighted by atomic mass is 16.5. The molecule has 1 aliphatic heterocycles. The van der Waals surface area contributed by atoms with Crippen LogP contribution >= 0.6 is 0 Å². The molecule has 1 aromatic carbocycles. The maximum absolute atomic E-state index is 5.93. The number of methoxy groups -OCH3 is 1. The van der Waals surface area contributed by atoms with Gasteiger partial charge in [0.05, 0.1) is 19.8 Å². The molecule has 1 fully saturated rings. The van der Waals surface area contributed by atoms with Crippen molar-refractivity contribution in [1.82, 2.24) is 10.6 Å². The van der Waals surface area contributed by atoms with E-state index in [1.54, 1.807) is 14.2 Å². The van der Waals surface area contributed by atoms with Gasteiger partial charge in [-0.05, 0) is 18.6 Å². The summed E-state index contributed by atoms with van der Waals surface area (Å²) in [5.74, 6) is 1.71. The second-order valence-corrected chi connectivity index (χ2v) is 6.89. The molecule has 0 spiro atoms. The molecule has 2 N–H and O–H groups in total. The Morgan fingerprint density at radius 1 is 1.28 bits per heavy atom. The van der Waals surface area contributed by atoms with E-state index in [0.29, 0.717) is 19.8 Å². The highest BCUT2D eigenvalue weighted by molar-refractivity contribution is 5.79. The van der Waals surface area contributed by atoms with E-state index in [1.807, 2.05) is 0 Å². The lowest BCUT2D eigenvalue weighted by Gasteiger charge is -2.38. The van der Waals surface area contributed by atoms with Crippen LogP contribution in [0, 0.1) is 12.3 Å². The number of aliphatic imine (C=N–C) groups is 1. The molecule has 1 heterocycles. The van der Waals surface area contributed by atoms with Gasteiger partial charge in [0.25, 0.3) is 0 Å². The molecule has 0 saturated carbocycles. The summed E-state index contributed by atoms with van der Waals surface area (Å²) in [7, 11) is 3.49. The van der Waals surface area contributed by atoms with E-state index >= 15 is 0 Å². The molecule has 0 bridgehead atoms. The van der Waals surface area contributed by atoms with Crippen LogP contribution in [0.1, 0.15) is 24.5 Å². The third-order valence-electron chi connectivity index (χ3n) is 4.23. The molecule has 25 heavy (non-hydrogen) atoms. The molecule has 0 aromatic heterocycles. The number of benzene rings is 1. The van der Waals surface area contributed by atoms with E-state index in [0.717, 1.165) is 43.5 Å². The van der Waals surface area contributed by atoms with E-state index < -0.39 is 0 Å². The van der Waals surface area contributed by atoms with Crippen molar-refractivity contribution in [3.8, 4) is 5.75 Å². The van der Waals surface area contributed by atoms with E-state index in [9.17, 15) is 0 Å². The van der Waals surface area contributed by atoms with Crippen molar-refractivity contribution < 1.29 is 14.2 Å². The van der Waals surface area contributed by atoms with Crippen LogP contribution in [0.4, 0.5) is 0 Å².